The lowest BCUT2D eigenvalue weighted by molar-refractivity contribution is -0.134. The molecule has 1 amide bonds. The quantitative estimate of drug-likeness (QED) is 0.646. The van der Waals surface area contributed by atoms with Gasteiger partial charge in [-0.05, 0) is 18.7 Å². The highest BCUT2D eigenvalue weighted by Crippen LogP contribution is 2.04. The molecule has 0 radical (unpaired) electrons. The number of hydrogen-bond acceptors (Lipinski definition) is 3. The van der Waals surface area contributed by atoms with E-state index in [-0.39, 0.29) is 12.2 Å². The lowest BCUT2D eigenvalue weighted by atomic mass is 10.2. The molecule has 17 heavy (non-hydrogen) atoms. The van der Waals surface area contributed by atoms with Crippen molar-refractivity contribution in [1.29, 1.82) is 0 Å². The fourth-order valence-electron chi connectivity index (χ4n) is 1.22. The molecule has 0 aromatic heterocycles. The summed E-state index contributed by atoms with van der Waals surface area (Å²) in [5, 5.41) is 13.9. The Hall–Kier alpha value is -2.14. The van der Waals surface area contributed by atoms with Gasteiger partial charge in [0.15, 0.2) is 0 Å². The van der Waals surface area contributed by atoms with Crippen LogP contribution in [0.2, 0.25) is 0 Å². The molecule has 0 heterocycles. The molecule has 0 atom stereocenters. The van der Waals surface area contributed by atoms with Crippen LogP contribution in [0, 0.1) is 0 Å². The number of carboxylic acid groups (broad SMARTS) is 1. The predicted octanol–water partition coefficient (Wildman–Crippen LogP) is 0.448. The summed E-state index contributed by atoms with van der Waals surface area (Å²) in [4.78, 5) is 22.2. The minimum absolute atomic E-state index is 0.0689. The molecule has 0 aliphatic heterocycles. The van der Waals surface area contributed by atoms with Crippen LogP contribution in [-0.4, -0.2) is 30.6 Å². The van der Waals surface area contributed by atoms with Crippen LogP contribution in [0.15, 0.2) is 36.0 Å². The topological polar surface area (TPSA) is 78.4 Å². The molecule has 0 aliphatic carbocycles. The summed E-state index contributed by atoms with van der Waals surface area (Å²) < 4.78 is 0. The Balaban J connectivity index is 2.83. The SMILES string of the molecule is CNCC(=O)NC(=Cc1ccccc1)C(=O)O. The standard InChI is InChI=1S/C12H14N2O3/c1-13-8-11(15)14-10(12(16)17)7-9-5-3-2-4-6-9/h2-7,13H,8H2,1H3,(H,14,15)(H,16,17). The van der Waals surface area contributed by atoms with Crippen LogP contribution in [0.4, 0.5) is 0 Å². The normalized spacial score (nSPS) is 11.0. The monoisotopic (exact) mass is 234 g/mol. The molecule has 0 fully saturated rings. The van der Waals surface area contributed by atoms with Crippen LogP contribution in [0.1, 0.15) is 5.56 Å². The Labute approximate surface area is 99.1 Å². The van der Waals surface area contributed by atoms with Crippen molar-refractivity contribution >= 4 is 18.0 Å². The summed E-state index contributed by atoms with van der Waals surface area (Å²) in [7, 11) is 1.61. The van der Waals surface area contributed by atoms with E-state index in [4.69, 9.17) is 5.11 Å². The first kappa shape index (κ1) is 12.9. The first-order chi connectivity index (χ1) is 8.13. The summed E-state index contributed by atoms with van der Waals surface area (Å²) >= 11 is 0. The molecule has 0 bridgehead atoms. The van der Waals surface area contributed by atoms with E-state index in [2.05, 4.69) is 10.6 Å². The third-order valence-electron chi connectivity index (χ3n) is 1.95. The Kier molecular flexibility index (Phi) is 4.90. The molecular weight excluding hydrogens is 220 g/mol. The molecule has 0 saturated heterocycles. The second kappa shape index (κ2) is 6.44. The summed E-state index contributed by atoms with van der Waals surface area (Å²) in [5.41, 5.74) is 0.575. The van der Waals surface area contributed by atoms with E-state index in [0.29, 0.717) is 0 Å². The Bertz CT molecular complexity index is 427. The van der Waals surface area contributed by atoms with Gasteiger partial charge in [-0.25, -0.2) is 4.79 Å². The van der Waals surface area contributed by atoms with Gasteiger partial charge in [-0.3, -0.25) is 4.79 Å². The number of benzene rings is 1. The number of aliphatic carboxylic acids is 1. The van der Waals surface area contributed by atoms with Gasteiger partial charge in [0, 0.05) is 0 Å². The molecule has 1 aromatic rings. The van der Waals surface area contributed by atoms with Gasteiger partial charge in [0.05, 0.1) is 6.54 Å². The lowest BCUT2D eigenvalue weighted by Gasteiger charge is -2.05. The molecular formula is C12H14N2O3. The van der Waals surface area contributed by atoms with Gasteiger partial charge in [-0.15, -0.1) is 0 Å². The number of amides is 1. The van der Waals surface area contributed by atoms with E-state index in [0.717, 1.165) is 5.56 Å². The zero-order valence-corrected chi connectivity index (χ0v) is 9.43. The minimum atomic E-state index is -1.17. The number of carbonyl (C=O) groups is 2. The highest BCUT2D eigenvalue weighted by atomic mass is 16.4. The molecule has 5 heteroatoms. The fraction of sp³-hybridized carbons (Fsp3) is 0.167. The van der Waals surface area contributed by atoms with Crippen molar-refractivity contribution in [3.05, 3.63) is 41.6 Å². The number of nitrogens with one attached hydrogen (secondary N) is 2. The van der Waals surface area contributed by atoms with E-state index in [9.17, 15) is 9.59 Å². The fourth-order valence-corrected chi connectivity index (χ4v) is 1.22. The molecule has 90 valence electrons. The van der Waals surface area contributed by atoms with Crippen molar-refractivity contribution in [2.45, 2.75) is 0 Å². The zero-order chi connectivity index (χ0) is 12.7. The van der Waals surface area contributed by atoms with Gasteiger partial charge in [0.1, 0.15) is 5.70 Å². The van der Waals surface area contributed by atoms with Gasteiger partial charge in [-0.2, -0.15) is 0 Å². The van der Waals surface area contributed by atoms with E-state index < -0.39 is 11.9 Å². The average molecular weight is 234 g/mol. The van der Waals surface area contributed by atoms with Crippen molar-refractivity contribution < 1.29 is 14.7 Å². The maximum Gasteiger partial charge on any atom is 0.352 e. The van der Waals surface area contributed by atoms with Crippen molar-refractivity contribution in [3.8, 4) is 0 Å². The second-order valence-corrected chi connectivity index (χ2v) is 3.35. The number of likely N-dealkylation sites (N-methyl/N-ethyl adjacent to an activating group) is 1. The van der Waals surface area contributed by atoms with Crippen molar-refractivity contribution in [3.63, 3.8) is 0 Å². The molecule has 0 saturated carbocycles. The Morgan fingerprint density at radius 2 is 1.94 bits per heavy atom. The van der Waals surface area contributed by atoms with E-state index >= 15 is 0 Å². The highest BCUT2D eigenvalue weighted by molar-refractivity contribution is 5.97. The number of rotatable bonds is 5. The third-order valence-corrected chi connectivity index (χ3v) is 1.95. The smallest absolute Gasteiger partial charge is 0.352 e. The maximum absolute atomic E-state index is 11.3. The van der Waals surface area contributed by atoms with Gasteiger partial charge in [0.25, 0.3) is 0 Å². The summed E-state index contributed by atoms with van der Waals surface area (Å²) in [5.74, 6) is -1.56. The van der Waals surface area contributed by atoms with Crippen molar-refractivity contribution in [1.82, 2.24) is 10.6 Å². The van der Waals surface area contributed by atoms with E-state index in [1.54, 1.807) is 31.3 Å². The van der Waals surface area contributed by atoms with Crippen LogP contribution in [0.5, 0.6) is 0 Å². The second-order valence-electron chi connectivity index (χ2n) is 3.35. The van der Waals surface area contributed by atoms with Crippen LogP contribution >= 0.6 is 0 Å². The van der Waals surface area contributed by atoms with E-state index in [1.165, 1.54) is 6.08 Å². The number of carbonyl (C=O) groups excluding carboxylic acids is 1. The minimum Gasteiger partial charge on any atom is -0.477 e. The number of carboxylic acids is 1. The molecule has 5 nitrogen and oxygen atoms in total. The molecule has 1 rings (SSSR count). The molecule has 3 N–H and O–H groups in total. The lowest BCUT2D eigenvalue weighted by Crippen LogP contribution is -2.34. The first-order valence-electron chi connectivity index (χ1n) is 5.08. The van der Waals surface area contributed by atoms with Crippen molar-refractivity contribution in [2.75, 3.05) is 13.6 Å². The van der Waals surface area contributed by atoms with Crippen molar-refractivity contribution in [2.24, 2.45) is 0 Å². The molecule has 0 aliphatic rings. The van der Waals surface area contributed by atoms with Crippen LogP contribution in [0.3, 0.4) is 0 Å². The van der Waals surface area contributed by atoms with Crippen LogP contribution in [-0.2, 0) is 9.59 Å². The zero-order valence-electron chi connectivity index (χ0n) is 9.43. The summed E-state index contributed by atoms with van der Waals surface area (Å²) in [6, 6.07) is 8.93. The van der Waals surface area contributed by atoms with Gasteiger partial charge in [0.2, 0.25) is 5.91 Å². The Morgan fingerprint density at radius 3 is 2.47 bits per heavy atom. The molecule has 0 spiro atoms. The molecule has 1 aromatic carbocycles. The highest BCUT2D eigenvalue weighted by Gasteiger charge is 2.10. The van der Waals surface area contributed by atoms with Crippen LogP contribution in [0.25, 0.3) is 6.08 Å². The van der Waals surface area contributed by atoms with Gasteiger partial charge in [-0.1, -0.05) is 30.3 Å². The molecule has 0 unspecified atom stereocenters. The van der Waals surface area contributed by atoms with Gasteiger partial charge < -0.3 is 15.7 Å². The van der Waals surface area contributed by atoms with E-state index in [1.807, 2.05) is 6.07 Å². The predicted molar refractivity (Wildman–Crippen MR) is 64.1 cm³/mol. The first-order valence-corrected chi connectivity index (χ1v) is 5.08. The Morgan fingerprint density at radius 1 is 1.29 bits per heavy atom. The maximum atomic E-state index is 11.3. The third kappa shape index (κ3) is 4.48. The number of hydrogen-bond donors (Lipinski definition) is 3. The average Bonchev–Trinajstić information content (AvgIpc) is 2.29. The van der Waals surface area contributed by atoms with Gasteiger partial charge >= 0.3 is 5.97 Å². The summed E-state index contributed by atoms with van der Waals surface area (Å²) in [6.07, 6.45) is 1.41. The van der Waals surface area contributed by atoms with Crippen LogP contribution < -0.4 is 10.6 Å². The largest absolute Gasteiger partial charge is 0.477 e. The summed E-state index contributed by atoms with van der Waals surface area (Å²) in [6.45, 7) is 0.0689.